The van der Waals surface area contributed by atoms with Crippen molar-refractivity contribution < 1.29 is 19.4 Å². The highest BCUT2D eigenvalue weighted by molar-refractivity contribution is 5.85. The molecule has 4 heteroatoms. The maximum Gasteiger partial charge on any atom is 0.328 e. The van der Waals surface area contributed by atoms with Crippen LogP contribution in [0.15, 0.2) is 24.3 Å². The number of hydrogen-bond acceptors (Lipinski definition) is 3. The first-order valence-electron chi connectivity index (χ1n) is 6.39. The molecule has 0 radical (unpaired) electrons. The Bertz CT molecular complexity index is 438. The molecule has 4 nitrogen and oxygen atoms in total. The fourth-order valence-electron chi connectivity index (χ4n) is 1.61. The van der Waals surface area contributed by atoms with Gasteiger partial charge in [0.25, 0.3) is 0 Å². The van der Waals surface area contributed by atoms with E-state index in [1.165, 1.54) is 6.08 Å². The first kappa shape index (κ1) is 15.1. The highest BCUT2D eigenvalue weighted by Crippen LogP contribution is 2.28. The van der Waals surface area contributed by atoms with Gasteiger partial charge in [-0.15, -0.1) is 0 Å². The van der Waals surface area contributed by atoms with E-state index in [0.29, 0.717) is 18.1 Å². The SMILES string of the molecule is CCCCCOc1cc(C=CC(=O)O)ccc1OC. The van der Waals surface area contributed by atoms with E-state index >= 15 is 0 Å². The molecule has 0 saturated heterocycles. The zero-order valence-corrected chi connectivity index (χ0v) is 11.4. The van der Waals surface area contributed by atoms with Gasteiger partial charge in [0.05, 0.1) is 13.7 Å². The Morgan fingerprint density at radius 3 is 2.74 bits per heavy atom. The number of unbranched alkanes of at least 4 members (excludes halogenated alkanes) is 2. The number of aliphatic carboxylic acids is 1. The molecule has 0 aliphatic rings. The van der Waals surface area contributed by atoms with Gasteiger partial charge in [-0.1, -0.05) is 25.8 Å². The molecule has 0 atom stereocenters. The second-order valence-electron chi connectivity index (χ2n) is 4.14. The van der Waals surface area contributed by atoms with Crippen LogP contribution in [0.3, 0.4) is 0 Å². The minimum Gasteiger partial charge on any atom is -0.493 e. The first-order valence-corrected chi connectivity index (χ1v) is 6.39. The Labute approximate surface area is 113 Å². The van der Waals surface area contributed by atoms with Gasteiger partial charge in [0.2, 0.25) is 0 Å². The number of benzene rings is 1. The molecule has 1 N–H and O–H groups in total. The highest BCUT2D eigenvalue weighted by atomic mass is 16.5. The smallest absolute Gasteiger partial charge is 0.328 e. The van der Waals surface area contributed by atoms with Crippen LogP contribution < -0.4 is 9.47 Å². The summed E-state index contributed by atoms with van der Waals surface area (Å²) in [4.78, 5) is 10.5. The van der Waals surface area contributed by atoms with Gasteiger partial charge in [0.1, 0.15) is 0 Å². The lowest BCUT2D eigenvalue weighted by molar-refractivity contribution is -0.131. The molecule has 0 bridgehead atoms. The van der Waals surface area contributed by atoms with E-state index in [0.717, 1.165) is 30.9 Å². The summed E-state index contributed by atoms with van der Waals surface area (Å²) in [5.74, 6) is 0.330. The molecule has 0 spiro atoms. The van der Waals surface area contributed by atoms with Crippen molar-refractivity contribution in [3.05, 3.63) is 29.8 Å². The van der Waals surface area contributed by atoms with Gasteiger partial charge in [0, 0.05) is 6.08 Å². The number of carboxylic acid groups (broad SMARTS) is 1. The Kier molecular flexibility index (Phi) is 6.50. The predicted molar refractivity (Wildman–Crippen MR) is 74.7 cm³/mol. The summed E-state index contributed by atoms with van der Waals surface area (Å²) in [6.07, 6.45) is 5.89. The summed E-state index contributed by atoms with van der Waals surface area (Å²) in [7, 11) is 1.58. The third-order valence-corrected chi connectivity index (χ3v) is 2.61. The Balaban J connectivity index is 2.75. The third kappa shape index (κ3) is 5.46. The van der Waals surface area contributed by atoms with E-state index in [2.05, 4.69) is 6.92 Å². The van der Waals surface area contributed by atoms with Crippen LogP contribution >= 0.6 is 0 Å². The molecule has 0 unspecified atom stereocenters. The number of ether oxygens (including phenoxy) is 2. The summed E-state index contributed by atoms with van der Waals surface area (Å²) in [6, 6.07) is 5.35. The van der Waals surface area contributed by atoms with Crippen molar-refractivity contribution >= 4 is 12.0 Å². The maximum atomic E-state index is 10.5. The molecule has 1 aromatic rings. The number of carboxylic acids is 1. The second kappa shape index (κ2) is 8.19. The summed E-state index contributed by atoms with van der Waals surface area (Å²) >= 11 is 0. The molecule has 0 aromatic heterocycles. The van der Waals surface area contributed by atoms with Crippen molar-refractivity contribution in [3.63, 3.8) is 0 Å². The minimum absolute atomic E-state index is 0.635. The topological polar surface area (TPSA) is 55.8 Å². The largest absolute Gasteiger partial charge is 0.493 e. The average Bonchev–Trinajstić information content (AvgIpc) is 2.41. The highest BCUT2D eigenvalue weighted by Gasteiger charge is 2.04. The van der Waals surface area contributed by atoms with E-state index in [-0.39, 0.29) is 0 Å². The van der Waals surface area contributed by atoms with E-state index in [9.17, 15) is 4.79 Å². The van der Waals surface area contributed by atoms with Crippen LogP contribution in [0, 0.1) is 0 Å². The molecule has 0 fully saturated rings. The van der Waals surface area contributed by atoms with Crippen molar-refractivity contribution in [1.29, 1.82) is 0 Å². The van der Waals surface area contributed by atoms with Crippen LogP contribution in [0.5, 0.6) is 11.5 Å². The quantitative estimate of drug-likeness (QED) is 0.578. The van der Waals surface area contributed by atoms with Gasteiger partial charge in [-0.3, -0.25) is 0 Å². The van der Waals surface area contributed by atoms with Crippen LogP contribution in [0.1, 0.15) is 31.7 Å². The Hall–Kier alpha value is -1.97. The van der Waals surface area contributed by atoms with Crippen molar-refractivity contribution in [2.24, 2.45) is 0 Å². The second-order valence-corrected chi connectivity index (χ2v) is 4.14. The molecule has 0 heterocycles. The molecule has 104 valence electrons. The van der Waals surface area contributed by atoms with Crippen LogP contribution in [-0.2, 0) is 4.79 Å². The molecule has 0 amide bonds. The summed E-state index contributed by atoms with van der Waals surface area (Å²) in [6.45, 7) is 2.77. The monoisotopic (exact) mass is 264 g/mol. The summed E-state index contributed by atoms with van der Waals surface area (Å²) < 4.78 is 10.9. The van der Waals surface area contributed by atoms with Crippen molar-refractivity contribution in [1.82, 2.24) is 0 Å². The van der Waals surface area contributed by atoms with Crippen LogP contribution in [0.25, 0.3) is 6.08 Å². The summed E-state index contributed by atoms with van der Waals surface area (Å²) in [5.41, 5.74) is 0.772. The molecule has 1 rings (SSSR count). The summed E-state index contributed by atoms with van der Waals surface area (Å²) in [5, 5.41) is 8.60. The van der Waals surface area contributed by atoms with Gasteiger partial charge in [-0.05, 0) is 30.2 Å². The van der Waals surface area contributed by atoms with E-state index in [1.54, 1.807) is 25.3 Å². The fourth-order valence-corrected chi connectivity index (χ4v) is 1.61. The minimum atomic E-state index is -0.971. The zero-order valence-electron chi connectivity index (χ0n) is 11.4. The Morgan fingerprint density at radius 2 is 2.11 bits per heavy atom. The number of carbonyl (C=O) groups is 1. The van der Waals surface area contributed by atoms with Crippen molar-refractivity contribution in [2.45, 2.75) is 26.2 Å². The fraction of sp³-hybridized carbons (Fsp3) is 0.400. The van der Waals surface area contributed by atoms with Gasteiger partial charge < -0.3 is 14.6 Å². The first-order chi connectivity index (χ1) is 9.17. The number of hydrogen-bond donors (Lipinski definition) is 1. The third-order valence-electron chi connectivity index (χ3n) is 2.61. The van der Waals surface area contributed by atoms with Crippen LogP contribution in [-0.4, -0.2) is 24.8 Å². The lowest BCUT2D eigenvalue weighted by Gasteiger charge is -2.11. The average molecular weight is 264 g/mol. The Morgan fingerprint density at radius 1 is 1.32 bits per heavy atom. The van der Waals surface area contributed by atoms with E-state index in [4.69, 9.17) is 14.6 Å². The number of methoxy groups -OCH3 is 1. The molecule has 0 aliphatic heterocycles. The number of rotatable bonds is 8. The maximum absolute atomic E-state index is 10.5. The van der Waals surface area contributed by atoms with Crippen LogP contribution in [0.2, 0.25) is 0 Å². The van der Waals surface area contributed by atoms with E-state index in [1.807, 2.05) is 0 Å². The van der Waals surface area contributed by atoms with Gasteiger partial charge in [-0.25, -0.2) is 4.79 Å². The molecule has 1 aromatic carbocycles. The predicted octanol–water partition coefficient (Wildman–Crippen LogP) is 3.36. The molecular weight excluding hydrogens is 244 g/mol. The molecular formula is C15H20O4. The van der Waals surface area contributed by atoms with Crippen molar-refractivity contribution in [2.75, 3.05) is 13.7 Å². The molecule has 19 heavy (non-hydrogen) atoms. The van der Waals surface area contributed by atoms with Crippen LogP contribution in [0.4, 0.5) is 0 Å². The van der Waals surface area contributed by atoms with Gasteiger partial charge >= 0.3 is 5.97 Å². The van der Waals surface area contributed by atoms with Gasteiger partial charge in [0.15, 0.2) is 11.5 Å². The van der Waals surface area contributed by atoms with Gasteiger partial charge in [-0.2, -0.15) is 0 Å². The zero-order chi connectivity index (χ0) is 14.1. The standard InChI is InChI=1S/C15H20O4/c1-3-4-5-10-19-14-11-12(7-9-15(16)17)6-8-13(14)18-2/h6-9,11H,3-5,10H2,1-2H3,(H,16,17). The van der Waals surface area contributed by atoms with Crippen molar-refractivity contribution in [3.8, 4) is 11.5 Å². The lowest BCUT2D eigenvalue weighted by atomic mass is 10.2. The molecule has 0 aliphatic carbocycles. The normalized spacial score (nSPS) is 10.6. The lowest BCUT2D eigenvalue weighted by Crippen LogP contribution is -1.99. The molecule has 0 saturated carbocycles. The van der Waals surface area contributed by atoms with E-state index < -0.39 is 5.97 Å².